The highest BCUT2D eigenvalue weighted by Crippen LogP contribution is 1.80. The molecule has 4 heteroatoms. The van der Waals surface area contributed by atoms with E-state index in [0.29, 0.717) is 19.5 Å². The first-order valence-electron chi connectivity index (χ1n) is 4.15. The van der Waals surface area contributed by atoms with E-state index in [-0.39, 0.29) is 12.5 Å². The monoisotopic (exact) mass is 181 g/mol. The summed E-state index contributed by atoms with van der Waals surface area (Å²) >= 11 is 0. The Balaban J connectivity index is 3.31. The molecule has 0 fully saturated rings. The molecule has 0 aliphatic rings. The molecule has 0 saturated carbocycles. The Hall–Kier alpha value is -1.34. The van der Waals surface area contributed by atoms with E-state index in [1.54, 1.807) is 0 Å². The Kier molecular flexibility index (Phi) is 6.56. The maximum absolute atomic E-state index is 11.0. The van der Waals surface area contributed by atoms with E-state index in [1.807, 2.05) is 13.0 Å². The number of rotatable bonds is 6. The minimum Gasteiger partial charge on any atom is -0.354 e. The van der Waals surface area contributed by atoms with Crippen molar-refractivity contribution in [3.8, 4) is 6.07 Å². The molecule has 0 radical (unpaired) electrons. The minimum absolute atomic E-state index is 0.0866. The van der Waals surface area contributed by atoms with Gasteiger partial charge < -0.3 is 10.6 Å². The molecular weight excluding hydrogens is 166 g/mol. The van der Waals surface area contributed by atoms with Gasteiger partial charge in [-0.1, -0.05) is 12.2 Å². The van der Waals surface area contributed by atoms with Gasteiger partial charge in [0.2, 0.25) is 5.91 Å². The van der Waals surface area contributed by atoms with Crippen molar-refractivity contribution in [1.29, 1.82) is 5.26 Å². The molecule has 0 spiro atoms. The summed E-state index contributed by atoms with van der Waals surface area (Å²) in [7, 11) is 0. The molecule has 1 amide bonds. The van der Waals surface area contributed by atoms with Crippen molar-refractivity contribution < 1.29 is 4.79 Å². The van der Waals surface area contributed by atoms with Crippen LogP contribution in [0.3, 0.4) is 0 Å². The first-order valence-corrected chi connectivity index (χ1v) is 4.15. The fourth-order valence-corrected chi connectivity index (χ4v) is 0.710. The molecule has 0 bridgehead atoms. The average molecular weight is 181 g/mol. The van der Waals surface area contributed by atoms with Crippen molar-refractivity contribution in [2.45, 2.75) is 13.3 Å². The van der Waals surface area contributed by atoms with E-state index in [4.69, 9.17) is 5.26 Å². The van der Waals surface area contributed by atoms with Crippen molar-refractivity contribution >= 4 is 5.91 Å². The predicted molar refractivity (Wildman–Crippen MR) is 50.9 cm³/mol. The SMILES string of the molecule is C=C(C)CNCC(=O)NCCC#N. The minimum atomic E-state index is -0.0866. The van der Waals surface area contributed by atoms with Crippen LogP contribution in [0.4, 0.5) is 0 Å². The quantitative estimate of drug-likeness (QED) is 0.454. The Labute approximate surface area is 78.6 Å². The third-order valence-corrected chi connectivity index (χ3v) is 1.27. The lowest BCUT2D eigenvalue weighted by Crippen LogP contribution is -2.34. The van der Waals surface area contributed by atoms with Crippen LogP contribution in [0.1, 0.15) is 13.3 Å². The van der Waals surface area contributed by atoms with E-state index in [9.17, 15) is 4.79 Å². The van der Waals surface area contributed by atoms with Gasteiger partial charge in [-0.3, -0.25) is 4.79 Å². The first-order chi connectivity index (χ1) is 6.16. The molecule has 0 heterocycles. The van der Waals surface area contributed by atoms with E-state index < -0.39 is 0 Å². The van der Waals surface area contributed by atoms with Crippen LogP contribution in [-0.2, 0) is 4.79 Å². The summed E-state index contributed by atoms with van der Waals surface area (Å²) in [6.45, 7) is 6.92. The summed E-state index contributed by atoms with van der Waals surface area (Å²) in [5.41, 5.74) is 0.991. The molecule has 4 nitrogen and oxygen atoms in total. The molecule has 0 saturated heterocycles. The molecule has 0 aromatic heterocycles. The molecule has 0 aromatic carbocycles. The summed E-state index contributed by atoms with van der Waals surface area (Å²) in [5.74, 6) is -0.0866. The van der Waals surface area contributed by atoms with Crippen LogP contribution in [-0.4, -0.2) is 25.5 Å². The number of amides is 1. The lowest BCUT2D eigenvalue weighted by molar-refractivity contribution is -0.120. The van der Waals surface area contributed by atoms with Crippen LogP contribution in [0.25, 0.3) is 0 Å². The van der Waals surface area contributed by atoms with Gasteiger partial charge in [0.05, 0.1) is 19.0 Å². The zero-order valence-electron chi connectivity index (χ0n) is 7.89. The normalized spacial score (nSPS) is 8.92. The van der Waals surface area contributed by atoms with E-state index in [1.165, 1.54) is 0 Å². The van der Waals surface area contributed by atoms with Crippen LogP contribution in [0.15, 0.2) is 12.2 Å². The van der Waals surface area contributed by atoms with E-state index in [0.717, 1.165) is 5.57 Å². The fraction of sp³-hybridized carbons (Fsp3) is 0.556. The number of nitriles is 1. The average Bonchev–Trinajstić information content (AvgIpc) is 2.04. The molecule has 0 unspecified atom stereocenters. The van der Waals surface area contributed by atoms with Crippen molar-refractivity contribution in [3.05, 3.63) is 12.2 Å². The van der Waals surface area contributed by atoms with Gasteiger partial charge in [-0.15, -0.1) is 0 Å². The van der Waals surface area contributed by atoms with E-state index in [2.05, 4.69) is 17.2 Å². The van der Waals surface area contributed by atoms with Gasteiger partial charge in [-0.05, 0) is 6.92 Å². The van der Waals surface area contributed by atoms with Crippen molar-refractivity contribution in [3.63, 3.8) is 0 Å². The van der Waals surface area contributed by atoms with Gasteiger partial charge in [0.25, 0.3) is 0 Å². The topological polar surface area (TPSA) is 64.9 Å². The van der Waals surface area contributed by atoms with Gasteiger partial charge in [-0.25, -0.2) is 0 Å². The number of hydrogen-bond acceptors (Lipinski definition) is 3. The Morgan fingerprint density at radius 2 is 2.23 bits per heavy atom. The second-order valence-corrected chi connectivity index (χ2v) is 2.82. The summed E-state index contributed by atoms with van der Waals surface area (Å²) < 4.78 is 0. The number of nitrogens with zero attached hydrogens (tertiary/aromatic N) is 1. The number of carbonyl (C=O) groups excluding carboxylic acids is 1. The molecule has 0 atom stereocenters. The lowest BCUT2D eigenvalue weighted by Gasteiger charge is -2.04. The second-order valence-electron chi connectivity index (χ2n) is 2.82. The number of carbonyl (C=O) groups is 1. The zero-order chi connectivity index (χ0) is 10.1. The summed E-state index contributed by atoms with van der Waals surface area (Å²) in [5, 5.41) is 13.7. The van der Waals surface area contributed by atoms with E-state index >= 15 is 0 Å². The molecule has 72 valence electrons. The highest BCUT2D eigenvalue weighted by Gasteiger charge is 1.98. The van der Waals surface area contributed by atoms with Gasteiger partial charge in [0, 0.05) is 13.1 Å². The third kappa shape index (κ3) is 8.57. The first kappa shape index (κ1) is 11.7. The Morgan fingerprint density at radius 1 is 1.54 bits per heavy atom. The maximum atomic E-state index is 11.0. The molecule has 0 rings (SSSR count). The zero-order valence-corrected chi connectivity index (χ0v) is 7.89. The molecule has 13 heavy (non-hydrogen) atoms. The Bertz CT molecular complexity index is 217. The summed E-state index contributed by atoms with van der Waals surface area (Å²) in [6, 6.07) is 1.95. The van der Waals surface area contributed by atoms with Gasteiger partial charge in [-0.2, -0.15) is 5.26 Å². The number of nitrogens with one attached hydrogen (secondary N) is 2. The van der Waals surface area contributed by atoms with Crippen molar-refractivity contribution in [1.82, 2.24) is 10.6 Å². The summed E-state index contributed by atoms with van der Waals surface area (Å²) in [4.78, 5) is 11.0. The Morgan fingerprint density at radius 3 is 2.77 bits per heavy atom. The largest absolute Gasteiger partial charge is 0.354 e. The van der Waals surface area contributed by atoms with Gasteiger partial charge in [0.1, 0.15) is 0 Å². The van der Waals surface area contributed by atoms with Crippen LogP contribution in [0.2, 0.25) is 0 Å². The molecule has 0 aromatic rings. The highest BCUT2D eigenvalue weighted by atomic mass is 16.1. The van der Waals surface area contributed by atoms with Crippen LogP contribution < -0.4 is 10.6 Å². The fourth-order valence-electron chi connectivity index (χ4n) is 0.710. The smallest absolute Gasteiger partial charge is 0.233 e. The maximum Gasteiger partial charge on any atom is 0.233 e. The molecule has 0 aliphatic carbocycles. The molecular formula is C9H15N3O. The molecule has 0 aliphatic heterocycles. The van der Waals surface area contributed by atoms with Gasteiger partial charge in [0.15, 0.2) is 0 Å². The lowest BCUT2D eigenvalue weighted by atomic mass is 10.3. The van der Waals surface area contributed by atoms with Crippen LogP contribution in [0.5, 0.6) is 0 Å². The van der Waals surface area contributed by atoms with Crippen molar-refractivity contribution in [2.75, 3.05) is 19.6 Å². The summed E-state index contributed by atoms with van der Waals surface area (Å²) in [6.07, 6.45) is 0.353. The van der Waals surface area contributed by atoms with Gasteiger partial charge >= 0.3 is 0 Å². The number of hydrogen-bond donors (Lipinski definition) is 2. The molecule has 2 N–H and O–H groups in total. The standard InChI is InChI=1S/C9H15N3O/c1-8(2)6-11-7-9(13)12-5-3-4-10/h11H,1,3,5-7H2,2H3,(H,12,13). The van der Waals surface area contributed by atoms with Crippen LogP contribution in [0, 0.1) is 11.3 Å². The van der Waals surface area contributed by atoms with Crippen molar-refractivity contribution in [2.24, 2.45) is 0 Å². The predicted octanol–water partition coefficient (Wildman–Crippen LogP) is 0.182. The second kappa shape index (κ2) is 7.32. The van der Waals surface area contributed by atoms with Crippen LogP contribution >= 0.6 is 0 Å². The highest BCUT2D eigenvalue weighted by molar-refractivity contribution is 5.77. The third-order valence-electron chi connectivity index (χ3n) is 1.27.